The van der Waals surface area contributed by atoms with E-state index in [1.807, 2.05) is 17.8 Å². The van der Waals surface area contributed by atoms with Gasteiger partial charge in [0.15, 0.2) is 0 Å². The zero-order valence-corrected chi connectivity index (χ0v) is 12.5. The molecule has 0 amide bonds. The van der Waals surface area contributed by atoms with Crippen LogP contribution < -0.4 is 5.32 Å². The van der Waals surface area contributed by atoms with Crippen LogP contribution in [0.3, 0.4) is 0 Å². The Labute approximate surface area is 123 Å². The van der Waals surface area contributed by atoms with Crippen LogP contribution in [0.15, 0.2) is 18.2 Å². The van der Waals surface area contributed by atoms with E-state index in [1.165, 1.54) is 17.9 Å². The summed E-state index contributed by atoms with van der Waals surface area (Å²) in [6.07, 6.45) is 1.98. The summed E-state index contributed by atoms with van der Waals surface area (Å²) < 4.78 is 15.6. The molecule has 1 fully saturated rings. The first-order valence-corrected chi connectivity index (χ1v) is 8.39. The molecule has 20 heavy (non-hydrogen) atoms. The number of nitrogens with zero attached hydrogens (tertiary/aromatic N) is 2. The van der Waals surface area contributed by atoms with Crippen LogP contribution in [0.25, 0.3) is 11.0 Å². The predicted octanol–water partition coefficient (Wildman–Crippen LogP) is 2.83. The van der Waals surface area contributed by atoms with Crippen molar-refractivity contribution in [2.45, 2.75) is 32.4 Å². The fraction of sp³-hybridized carbons (Fsp3) is 0.533. The van der Waals surface area contributed by atoms with Crippen molar-refractivity contribution < 1.29 is 4.39 Å². The Bertz CT molecular complexity index is 590. The van der Waals surface area contributed by atoms with E-state index in [0.29, 0.717) is 6.04 Å². The molecule has 108 valence electrons. The number of hydrogen-bond donors (Lipinski definition) is 1. The van der Waals surface area contributed by atoms with Crippen molar-refractivity contribution in [2.24, 2.45) is 0 Å². The average Bonchev–Trinajstić information content (AvgIpc) is 2.77. The highest BCUT2D eigenvalue weighted by atomic mass is 32.2. The molecule has 5 heteroatoms. The van der Waals surface area contributed by atoms with E-state index in [2.05, 4.69) is 21.8 Å². The first-order chi connectivity index (χ1) is 9.78. The summed E-state index contributed by atoms with van der Waals surface area (Å²) in [7, 11) is 0. The minimum absolute atomic E-state index is 0.212. The van der Waals surface area contributed by atoms with Gasteiger partial charge in [0.05, 0.1) is 11.0 Å². The molecular formula is C15H20FN3S. The minimum Gasteiger partial charge on any atom is -0.328 e. The molecule has 1 aliphatic rings. The van der Waals surface area contributed by atoms with Crippen molar-refractivity contribution in [3.05, 3.63) is 29.8 Å². The van der Waals surface area contributed by atoms with E-state index in [-0.39, 0.29) is 5.82 Å². The molecule has 3 rings (SSSR count). The summed E-state index contributed by atoms with van der Waals surface area (Å²) >= 11 is 1.99. The number of benzene rings is 1. The number of fused-ring (bicyclic) bond motifs is 1. The van der Waals surface area contributed by atoms with E-state index in [0.717, 1.165) is 48.5 Å². The van der Waals surface area contributed by atoms with Gasteiger partial charge in [-0.25, -0.2) is 9.37 Å². The highest BCUT2D eigenvalue weighted by Gasteiger charge is 2.18. The molecule has 0 spiro atoms. The van der Waals surface area contributed by atoms with Crippen LogP contribution in [-0.4, -0.2) is 33.6 Å². The molecule has 1 saturated heterocycles. The molecule has 2 aromatic rings. The van der Waals surface area contributed by atoms with E-state index < -0.39 is 0 Å². The molecule has 0 radical (unpaired) electrons. The average molecular weight is 293 g/mol. The number of nitrogens with one attached hydrogen (secondary N) is 1. The third kappa shape index (κ3) is 2.83. The summed E-state index contributed by atoms with van der Waals surface area (Å²) in [5.41, 5.74) is 1.82. The first-order valence-electron chi connectivity index (χ1n) is 7.23. The molecule has 0 bridgehead atoms. The summed E-state index contributed by atoms with van der Waals surface area (Å²) in [5.74, 6) is 3.18. The lowest BCUT2D eigenvalue weighted by atomic mass is 10.2. The van der Waals surface area contributed by atoms with E-state index >= 15 is 0 Å². The maximum atomic E-state index is 13.4. The van der Waals surface area contributed by atoms with Gasteiger partial charge in [-0.05, 0) is 18.6 Å². The maximum Gasteiger partial charge on any atom is 0.125 e. The van der Waals surface area contributed by atoms with Gasteiger partial charge in [0.25, 0.3) is 0 Å². The van der Waals surface area contributed by atoms with E-state index in [4.69, 9.17) is 0 Å². The Morgan fingerprint density at radius 2 is 2.40 bits per heavy atom. The Morgan fingerprint density at radius 1 is 1.50 bits per heavy atom. The minimum atomic E-state index is -0.212. The Balaban J connectivity index is 1.93. The lowest BCUT2D eigenvalue weighted by Crippen LogP contribution is -2.39. The lowest BCUT2D eigenvalue weighted by Gasteiger charge is -2.23. The highest BCUT2D eigenvalue weighted by molar-refractivity contribution is 7.99. The van der Waals surface area contributed by atoms with Crippen molar-refractivity contribution in [2.75, 3.05) is 18.1 Å². The van der Waals surface area contributed by atoms with Crippen molar-refractivity contribution in [1.82, 2.24) is 14.9 Å². The zero-order valence-electron chi connectivity index (χ0n) is 11.7. The van der Waals surface area contributed by atoms with Gasteiger partial charge in [0, 0.05) is 43.1 Å². The molecule has 0 saturated carbocycles. The molecule has 1 aliphatic heterocycles. The Hall–Kier alpha value is -1.07. The SMILES string of the molecule is CCCn1c(CC2CSCCN2)nc2cc(F)ccc21. The van der Waals surface area contributed by atoms with Crippen molar-refractivity contribution in [3.8, 4) is 0 Å². The van der Waals surface area contributed by atoms with Gasteiger partial charge in [0.1, 0.15) is 11.6 Å². The fourth-order valence-corrected chi connectivity index (χ4v) is 3.70. The summed E-state index contributed by atoms with van der Waals surface area (Å²) in [6.45, 7) is 4.17. The number of rotatable bonds is 4. The van der Waals surface area contributed by atoms with Crippen LogP contribution in [0.2, 0.25) is 0 Å². The van der Waals surface area contributed by atoms with Crippen molar-refractivity contribution in [1.29, 1.82) is 0 Å². The van der Waals surface area contributed by atoms with Crippen molar-refractivity contribution >= 4 is 22.8 Å². The van der Waals surface area contributed by atoms with E-state index in [1.54, 1.807) is 0 Å². The van der Waals surface area contributed by atoms with Gasteiger partial charge in [-0.3, -0.25) is 0 Å². The molecule has 1 N–H and O–H groups in total. The second kappa shape index (κ2) is 6.14. The number of halogens is 1. The standard InChI is InChI=1S/C15H20FN3S/c1-2-6-19-14-4-3-11(16)8-13(14)18-15(19)9-12-10-20-7-5-17-12/h3-4,8,12,17H,2,5-7,9-10H2,1H3. The molecule has 0 aliphatic carbocycles. The monoisotopic (exact) mass is 293 g/mol. The third-order valence-corrected chi connectivity index (χ3v) is 4.79. The fourth-order valence-electron chi connectivity index (χ4n) is 2.75. The number of hydrogen-bond acceptors (Lipinski definition) is 3. The molecule has 1 unspecified atom stereocenters. The quantitative estimate of drug-likeness (QED) is 0.940. The van der Waals surface area contributed by atoms with Gasteiger partial charge in [0.2, 0.25) is 0 Å². The number of aromatic nitrogens is 2. The second-order valence-electron chi connectivity index (χ2n) is 5.24. The van der Waals surface area contributed by atoms with Crippen LogP contribution in [-0.2, 0) is 13.0 Å². The molecular weight excluding hydrogens is 273 g/mol. The number of thioether (sulfide) groups is 1. The molecule has 2 heterocycles. The molecule has 3 nitrogen and oxygen atoms in total. The summed E-state index contributed by atoms with van der Waals surface area (Å²) in [5, 5.41) is 3.54. The van der Waals surface area contributed by atoms with Gasteiger partial charge < -0.3 is 9.88 Å². The number of imidazole rings is 1. The highest BCUT2D eigenvalue weighted by Crippen LogP contribution is 2.20. The second-order valence-corrected chi connectivity index (χ2v) is 6.39. The summed E-state index contributed by atoms with van der Waals surface area (Å²) in [4.78, 5) is 4.66. The third-order valence-electron chi connectivity index (χ3n) is 3.66. The molecule has 1 aromatic heterocycles. The lowest BCUT2D eigenvalue weighted by molar-refractivity contribution is 0.531. The normalized spacial score (nSPS) is 19.6. The van der Waals surface area contributed by atoms with Crippen LogP contribution in [0.1, 0.15) is 19.2 Å². The predicted molar refractivity (Wildman–Crippen MR) is 82.8 cm³/mol. The van der Waals surface area contributed by atoms with Gasteiger partial charge in [-0.15, -0.1) is 0 Å². The van der Waals surface area contributed by atoms with Crippen LogP contribution in [0.4, 0.5) is 4.39 Å². The van der Waals surface area contributed by atoms with E-state index in [9.17, 15) is 4.39 Å². The van der Waals surface area contributed by atoms with Crippen LogP contribution in [0, 0.1) is 5.82 Å². The van der Waals surface area contributed by atoms with Gasteiger partial charge in [-0.2, -0.15) is 11.8 Å². The topological polar surface area (TPSA) is 29.9 Å². The van der Waals surface area contributed by atoms with Gasteiger partial charge >= 0.3 is 0 Å². The van der Waals surface area contributed by atoms with Crippen LogP contribution >= 0.6 is 11.8 Å². The molecule has 1 aromatic carbocycles. The Kier molecular flexibility index (Phi) is 4.27. The largest absolute Gasteiger partial charge is 0.328 e. The van der Waals surface area contributed by atoms with Gasteiger partial charge in [-0.1, -0.05) is 6.92 Å². The maximum absolute atomic E-state index is 13.4. The summed E-state index contributed by atoms with van der Waals surface area (Å²) in [6, 6.07) is 5.38. The number of aryl methyl sites for hydroxylation is 1. The molecule has 1 atom stereocenters. The van der Waals surface area contributed by atoms with Crippen LogP contribution in [0.5, 0.6) is 0 Å². The smallest absolute Gasteiger partial charge is 0.125 e. The van der Waals surface area contributed by atoms with Crippen molar-refractivity contribution in [3.63, 3.8) is 0 Å². The first kappa shape index (κ1) is 13.9. The zero-order chi connectivity index (χ0) is 13.9. The Morgan fingerprint density at radius 3 is 3.15 bits per heavy atom.